The summed E-state index contributed by atoms with van der Waals surface area (Å²) in [4.78, 5) is 0. The quantitative estimate of drug-likeness (QED) is 0.862. The van der Waals surface area contributed by atoms with Gasteiger partial charge in [-0.05, 0) is 59.9 Å². The Morgan fingerprint density at radius 2 is 2.10 bits per heavy atom. The molecule has 0 aromatic heterocycles. The van der Waals surface area contributed by atoms with E-state index in [-0.39, 0.29) is 6.04 Å². The van der Waals surface area contributed by atoms with E-state index < -0.39 is 0 Å². The molecule has 0 bridgehead atoms. The molecule has 0 saturated heterocycles. The van der Waals surface area contributed by atoms with Gasteiger partial charge in [0, 0.05) is 22.0 Å². The minimum atomic E-state index is -0.0760. The predicted octanol–water partition coefficient (Wildman–Crippen LogP) is 4.59. The molecule has 0 saturated carbocycles. The first-order chi connectivity index (χ1) is 10.0. The number of ether oxygens (including phenoxy) is 1. The summed E-state index contributed by atoms with van der Waals surface area (Å²) in [6.45, 7) is 2.80. The fourth-order valence-electron chi connectivity index (χ4n) is 2.83. The molecular formula is C17H17BrClNO. The molecular weight excluding hydrogens is 350 g/mol. The third-order valence-corrected chi connectivity index (χ3v) is 4.43. The van der Waals surface area contributed by atoms with E-state index in [9.17, 15) is 0 Å². The maximum atomic E-state index is 6.39. The Balaban J connectivity index is 1.90. The summed E-state index contributed by atoms with van der Waals surface area (Å²) in [5.41, 5.74) is 11.0. The summed E-state index contributed by atoms with van der Waals surface area (Å²) < 4.78 is 6.80. The monoisotopic (exact) mass is 365 g/mol. The zero-order chi connectivity index (χ0) is 15.0. The molecule has 2 N–H and O–H groups in total. The molecule has 0 spiro atoms. The van der Waals surface area contributed by atoms with Crippen molar-refractivity contribution in [1.29, 1.82) is 0 Å². The number of rotatable bonds is 3. The first-order valence-corrected chi connectivity index (χ1v) is 8.17. The largest absolute Gasteiger partial charge is 0.493 e. The lowest BCUT2D eigenvalue weighted by molar-refractivity contribution is 0.352. The SMILES string of the molecule is Cc1cc(Br)cc(C(N)Cc2cc(Cl)cc3c2OCC3)c1. The molecule has 3 rings (SSSR count). The van der Waals surface area contributed by atoms with Gasteiger partial charge in [-0.15, -0.1) is 0 Å². The molecule has 1 aliphatic heterocycles. The smallest absolute Gasteiger partial charge is 0.125 e. The van der Waals surface area contributed by atoms with E-state index in [1.807, 2.05) is 12.1 Å². The van der Waals surface area contributed by atoms with Crippen LogP contribution < -0.4 is 10.5 Å². The molecule has 0 aliphatic carbocycles. The molecule has 2 aromatic carbocycles. The molecule has 2 nitrogen and oxygen atoms in total. The van der Waals surface area contributed by atoms with Crippen molar-refractivity contribution in [2.45, 2.75) is 25.8 Å². The second-order valence-electron chi connectivity index (χ2n) is 5.52. The third kappa shape index (κ3) is 3.25. The average Bonchev–Trinajstić information content (AvgIpc) is 2.85. The number of hydrogen-bond donors (Lipinski definition) is 1. The summed E-state index contributed by atoms with van der Waals surface area (Å²) in [5.74, 6) is 0.974. The molecule has 0 radical (unpaired) electrons. The zero-order valence-corrected chi connectivity index (χ0v) is 14.2. The Kier molecular flexibility index (Phi) is 4.25. The van der Waals surface area contributed by atoms with E-state index in [1.54, 1.807) is 0 Å². The lowest BCUT2D eigenvalue weighted by Crippen LogP contribution is -2.14. The number of hydrogen-bond acceptors (Lipinski definition) is 2. The lowest BCUT2D eigenvalue weighted by Gasteiger charge is -2.16. The van der Waals surface area contributed by atoms with Crippen molar-refractivity contribution in [3.8, 4) is 5.75 Å². The van der Waals surface area contributed by atoms with Crippen LogP contribution in [0.15, 0.2) is 34.8 Å². The standard InChI is InChI=1S/C17H17BrClNO/c1-10-4-12(6-14(18)5-10)16(20)9-13-8-15(19)7-11-2-3-21-17(11)13/h4-8,16H,2-3,9,20H2,1H3. The van der Waals surface area contributed by atoms with E-state index in [4.69, 9.17) is 22.1 Å². The second kappa shape index (κ2) is 5.99. The first-order valence-electron chi connectivity index (χ1n) is 6.99. The van der Waals surface area contributed by atoms with Gasteiger partial charge in [0.05, 0.1) is 6.61 Å². The van der Waals surface area contributed by atoms with E-state index in [0.29, 0.717) is 0 Å². The van der Waals surface area contributed by atoms with Gasteiger partial charge in [0.2, 0.25) is 0 Å². The molecule has 1 heterocycles. The van der Waals surface area contributed by atoms with Crippen LogP contribution in [0, 0.1) is 6.92 Å². The van der Waals surface area contributed by atoms with Gasteiger partial charge >= 0.3 is 0 Å². The summed E-state index contributed by atoms with van der Waals surface area (Å²) in [7, 11) is 0. The van der Waals surface area contributed by atoms with Crippen LogP contribution >= 0.6 is 27.5 Å². The van der Waals surface area contributed by atoms with E-state index in [1.165, 1.54) is 11.1 Å². The van der Waals surface area contributed by atoms with Crippen LogP contribution in [0.5, 0.6) is 5.75 Å². The number of benzene rings is 2. The van der Waals surface area contributed by atoms with Crippen LogP contribution in [0.1, 0.15) is 28.3 Å². The maximum Gasteiger partial charge on any atom is 0.125 e. The van der Waals surface area contributed by atoms with Crippen LogP contribution in [0.3, 0.4) is 0 Å². The van der Waals surface area contributed by atoms with Gasteiger partial charge in [0.1, 0.15) is 5.75 Å². The molecule has 110 valence electrons. The Hall–Kier alpha value is -1.03. The first kappa shape index (κ1) is 14.9. The highest BCUT2D eigenvalue weighted by atomic mass is 79.9. The molecule has 2 aromatic rings. The number of fused-ring (bicyclic) bond motifs is 1. The Labute approximate surface area is 138 Å². The van der Waals surface area contributed by atoms with Gasteiger partial charge in [-0.2, -0.15) is 0 Å². The number of halogens is 2. The summed E-state index contributed by atoms with van der Waals surface area (Å²) in [6.07, 6.45) is 1.65. The minimum absolute atomic E-state index is 0.0760. The Morgan fingerprint density at radius 3 is 2.86 bits per heavy atom. The van der Waals surface area contributed by atoms with E-state index in [2.05, 4.69) is 41.1 Å². The van der Waals surface area contributed by atoms with Crippen molar-refractivity contribution in [2.24, 2.45) is 5.73 Å². The predicted molar refractivity (Wildman–Crippen MR) is 90.2 cm³/mol. The van der Waals surface area contributed by atoms with Gasteiger partial charge < -0.3 is 10.5 Å². The molecule has 1 unspecified atom stereocenters. The fourth-order valence-corrected chi connectivity index (χ4v) is 3.72. The van der Waals surface area contributed by atoms with Crippen LogP contribution in [-0.2, 0) is 12.8 Å². The van der Waals surface area contributed by atoms with Crippen LogP contribution in [0.2, 0.25) is 5.02 Å². The van der Waals surface area contributed by atoms with Crippen molar-refractivity contribution < 1.29 is 4.74 Å². The highest BCUT2D eigenvalue weighted by Crippen LogP contribution is 2.35. The van der Waals surface area contributed by atoms with Crippen molar-refractivity contribution >= 4 is 27.5 Å². The summed E-state index contributed by atoms with van der Waals surface area (Å²) in [6, 6.07) is 10.2. The Bertz CT molecular complexity index is 666. The average molecular weight is 367 g/mol. The number of aryl methyl sites for hydroxylation is 1. The summed E-state index contributed by atoms with van der Waals surface area (Å²) >= 11 is 9.73. The van der Waals surface area contributed by atoms with Crippen LogP contribution in [0.4, 0.5) is 0 Å². The van der Waals surface area contributed by atoms with Crippen LogP contribution in [0.25, 0.3) is 0 Å². The van der Waals surface area contributed by atoms with Crippen molar-refractivity contribution in [2.75, 3.05) is 6.61 Å². The fraction of sp³-hybridized carbons (Fsp3) is 0.294. The Morgan fingerprint density at radius 1 is 1.29 bits per heavy atom. The van der Waals surface area contributed by atoms with Crippen molar-refractivity contribution in [3.05, 3.63) is 62.1 Å². The topological polar surface area (TPSA) is 35.2 Å². The van der Waals surface area contributed by atoms with E-state index >= 15 is 0 Å². The molecule has 1 aliphatic rings. The molecule has 0 amide bonds. The second-order valence-corrected chi connectivity index (χ2v) is 6.88. The molecule has 1 atom stereocenters. The van der Waals surface area contributed by atoms with Gasteiger partial charge in [0.15, 0.2) is 0 Å². The van der Waals surface area contributed by atoms with Gasteiger partial charge in [-0.1, -0.05) is 33.6 Å². The normalized spacial score (nSPS) is 14.7. The zero-order valence-electron chi connectivity index (χ0n) is 11.8. The molecule has 4 heteroatoms. The van der Waals surface area contributed by atoms with Crippen molar-refractivity contribution in [1.82, 2.24) is 0 Å². The number of nitrogens with two attached hydrogens (primary N) is 1. The van der Waals surface area contributed by atoms with Gasteiger partial charge in [-0.25, -0.2) is 0 Å². The molecule has 0 fully saturated rings. The maximum absolute atomic E-state index is 6.39. The highest BCUT2D eigenvalue weighted by molar-refractivity contribution is 9.10. The lowest BCUT2D eigenvalue weighted by atomic mass is 9.96. The van der Waals surface area contributed by atoms with Gasteiger partial charge in [-0.3, -0.25) is 0 Å². The third-order valence-electron chi connectivity index (χ3n) is 3.76. The van der Waals surface area contributed by atoms with Crippen molar-refractivity contribution in [3.63, 3.8) is 0 Å². The van der Waals surface area contributed by atoms with E-state index in [0.717, 1.165) is 45.8 Å². The van der Waals surface area contributed by atoms with Gasteiger partial charge in [0.25, 0.3) is 0 Å². The minimum Gasteiger partial charge on any atom is -0.493 e. The summed E-state index contributed by atoms with van der Waals surface area (Å²) in [5, 5.41) is 0.756. The molecule has 21 heavy (non-hydrogen) atoms. The highest BCUT2D eigenvalue weighted by Gasteiger charge is 2.19. The van der Waals surface area contributed by atoms with Crippen LogP contribution in [-0.4, -0.2) is 6.61 Å².